The van der Waals surface area contributed by atoms with E-state index in [1.54, 1.807) is 4.57 Å². The van der Waals surface area contributed by atoms with Crippen LogP contribution in [0.25, 0.3) is 0 Å². The Morgan fingerprint density at radius 2 is 2.14 bits per heavy atom. The number of rotatable bonds is 5. The molecule has 0 radical (unpaired) electrons. The van der Waals surface area contributed by atoms with Gasteiger partial charge in [-0.15, -0.1) is 0 Å². The van der Waals surface area contributed by atoms with Crippen molar-refractivity contribution in [2.24, 2.45) is 5.73 Å². The van der Waals surface area contributed by atoms with E-state index in [1.165, 1.54) is 11.3 Å². The van der Waals surface area contributed by atoms with Gasteiger partial charge < -0.3 is 15.0 Å². The number of thiazole rings is 1. The van der Waals surface area contributed by atoms with Gasteiger partial charge in [0, 0.05) is 17.1 Å². The SMILES string of the molecule is Cc1sc(=O)n(CCOCCN)c1C. The summed E-state index contributed by atoms with van der Waals surface area (Å²) < 4.78 is 6.97. The van der Waals surface area contributed by atoms with Crippen molar-refractivity contribution < 1.29 is 4.74 Å². The highest BCUT2D eigenvalue weighted by molar-refractivity contribution is 7.09. The zero-order valence-corrected chi connectivity index (χ0v) is 9.39. The monoisotopic (exact) mass is 216 g/mol. The molecule has 1 aromatic rings. The number of hydrogen-bond acceptors (Lipinski definition) is 4. The lowest BCUT2D eigenvalue weighted by Gasteiger charge is -2.05. The largest absolute Gasteiger partial charge is 0.378 e. The first-order valence-electron chi connectivity index (χ1n) is 4.61. The molecule has 0 atom stereocenters. The zero-order chi connectivity index (χ0) is 10.6. The molecule has 80 valence electrons. The molecular weight excluding hydrogens is 200 g/mol. The molecule has 0 unspecified atom stereocenters. The lowest BCUT2D eigenvalue weighted by molar-refractivity contribution is 0.132. The molecule has 5 heteroatoms. The summed E-state index contributed by atoms with van der Waals surface area (Å²) in [7, 11) is 0. The van der Waals surface area contributed by atoms with E-state index in [0.29, 0.717) is 26.3 Å². The molecule has 0 bridgehead atoms. The third-order valence-corrected chi connectivity index (χ3v) is 3.09. The van der Waals surface area contributed by atoms with Gasteiger partial charge in [0.1, 0.15) is 0 Å². The van der Waals surface area contributed by atoms with Gasteiger partial charge in [-0.05, 0) is 13.8 Å². The van der Waals surface area contributed by atoms with E-state index < -0.39 is 0 Å². The second-order valence-corrected chi connectivity index (χ2v) is 4.23. The van der Waals surface area contributed by atoms with Crippen molar-refractivity contribution in [3.05, 3.63) is 20.2 Å². The minimum Gasteiger partial charge on any atom is -0.378 e. The molecule has 0 aliphatic heterocycles. The molecule has 1 aromatic heterocycles. The van der Waals surface area contributed by atoms with Gasteiger partial charge in [0.05, 0.1) is 19.8 Å². The topological polar surface area (TPSA) is 57.2 Å². The molecule has 0 spiro atoms. The Kier molecular flexibility index (Phi) is 4.31. The number of aryl methyl sites for hydroxylation is 1. The van der Waals surface area contributed by atoms with Gasteiger partial charge in [0.15, 0.2) is 0 Å². The highest BCUT2D eigenvalue weighted by atomic mass is 32.1. The summed E-state index contributed by atoms with van der Waals surface area (Å²) in [5, 5.41) is 0. The molecule has 0 amide bonds. The van der Waals surface area contributed by atoms with Crippen molar-refractivity contribution >= 4 is 11.3 Å². The Bertz CT molecular complexity index is 343. The fraction of sp³-hybridized carbons (Fsp3) is 0.667. The van der Waals surface area contributed by atoms with E-state index >= 15 is 0 Å². The van der Waals surface area contributed by atoms with Gasteiger partial charge in [-0.25, -0.2) is 0 Å². The Labute approximate surface area is 87.3 Å². The summed E-state index contributed by atoms with van der Waals surface area (Å²) in [5.74, 6) is 0. The second-order valence-electron chi connectivity index (χ2n) is 3.06. The predicted octanol–water partition coefficient (Wildman–Crippen LogP) is 0.502. The first-order valence-corrected chi connectivity index (χ1v) is 5.43. The highest BCUT2D eigenvalue weighted by Crippen LogP contribution is 2.08. The zero-order valence-electron chi connectivity index (χ0n) is 8.58. The molecule has 1 rings (SSSR count). The summed E-state index contributed by atoms with van der Waals surface area (Å²) in [6.45, 7) is 6.16. The molecule has 0 fully saturated rings. The predicted molar refractivity (Wildman–Crippen MR) is 57.9 cm³/mol. The lowest BCUT2D eigenvalue weighted by Crippen LogP contribution is -2.19. The van der Waals surface area contributed by atoms with Crippen molar-refractivity contribution in [2.45, 2.75) is 20.4 Å². The van der Waals surface area contributed by atoms with Crippen molar-refractivity contribution in [1.82, 2.24) is 4.57 Å². The molecule has 1 heterocycles. The van der Waals surface area contributed by atoms with Gasteiger partial charge in [-0.2, -0.15) is 0 Å². The minimum atomic E-state index is 0.0938. The van der Waals surface area contributed by atoms with Crippen molar-refractivity contribution in [2.75, 3.05) is 19.8 Å². The van der Waals surface area contributed by atoms with Crippen LogP contribution in [-0.2, 0) is 11.3 Å². The molecule has 0 aliphatic rings. The summed E-state index contributed by atoms with van der Waals surface area (Å²) in [4.78, 5) is 12.6. The van der Waals surface area contributed by atoms with Crippen molar-refractivity contribution in [3.63, 3.8) is 0 Å². The fourth-order valence-corrected chi connectivity index (χ4v) is 2.05. The van der Waals surface area contributed by atoms with Crippen molar-refractivity contribution in [3.8, 4) is 0 Å². The Hall–Kier alpha value is -0.650. The van der Waals surface area contributed by atoms with E-state index in [-0.39, 0.29) is 4.87 Å². The summed E-state index contributed by atoms with van der Waals surface area (Å²) >= 11 is 1.29. The second kappa shape index (κ2) is 5.29. The van der Waals surface area contributed by atoms with Gasteiger partial charge in [-0.3, -0.25) is 4.79 Å². The average Bonchev–Trinajstić information content (AvgIpc) is 2.38. The van der Waals surface area contributed by atoms with Crippen molar-refractivity contribution in [1.29, 1.82) is 0 Å². The minimum absolute atomic E-state index is 0.0938. The smallest absolute Gasteiger partial charge is 0.307 e. The number of aromatic nitrogens is 1. The third kappa shape index (κ3) is 2.67. The Morgan fingerprint density at radius 3 is 2.64 bits per heavy atom. The van der Waals surface area contributed by atoms with Gasteiger partial charge in [0.25, 0.3) is 0 Å². The fourth-order valence-electron chi connectivity index (χ4n) is 1.19. The van der Waals surface area contributed by atoms with Crippen LogP contribution in [-0.4, -0.2) is 24.3 Å². The molecule has 0 saturated carbocycles. The highest BCUT2D eigenvalue weighted by Gasteiger charge is 2.06. The maximum absolute atomic E-state index is 11.4. The normalized spacial score (nSPS) is 10.8. The lowest BCUT2D eigenvalue weighted by atomic mass is 10.4. The third-order valence-electron chi connectivity index (χ3n) is 2.10. The molecule has 0 aliphatic carbocycles. The summed E-state index contributed by atoms with van der Waals surface area (Å²) in [6.07, 6.45) is 0. The van der Waals surface area contributed by atoms with Crippen LogP contribution >= 0.6 is 11.3 Å². The molecule has 2 N–H and O–H groups in total. The van der Waals surface area contributed by atoms with Gasteiger partial charge >= 0.3 is 4.87 Å². The Morgan fingerprint density at radius 1 is 1.43 bits per heavy atom. The summed E-state index contributed by atoms with van der Waals surface area (Å²) in [6, 6.07) is 0. The number of nitrogens with two attached hydrogens (primary N) is 1. The number of nitrogens with zero attached hydrogens (tertiary/aromatic N) is 1. The van der Waals surface area contributed by atoms with Crippen LogP contribution in [0, 0.1) is 13.8 Å². The standard InChI is InChI=1S/C9H16N2O2S/c1-7-8(2)14-9(12)11(7)4-6-13-5-3-10/h3-6,10H2,1-2H3. The first kappa shape index (κ1) is 11.4. The van der Waals surface area contributed by atoms with Crippen LogP contribution in [0.3, 0.4) is 0 Å². The van der Waals surface area contributed by atoms with Gasteiger partial charge in [0.2, 0.25) is 0 Å². The average molecular weight is 216 g/mol. The molecule has 0 aromatic carbocycles. The molecular formula is C9H16N2O2S. The van der Waals surface area contributed by atoms with E-state index in [0.717, 1.165) is 10.6 Å². The number of hydrogen-bond donors (Lipinski definition) is 1. The van der Waals surface area contributed by atoms with Crippen LogP contribution in [0.5, 0.6) is 0 Å². The van der Waals surface area contributed by atoms with Crippen LogP contribution in [0.2, 0.25) is 0 Å². The van der Waals surface area contributed by atoms with Crippen LogP contribution < -0.4 is 10.6 Å². The van der Waals surface area contributed by atoms with E-state index in [2.05, 4.69) is 0 Å². The molecule has 0 saturated heterocycles. The maximum Gasteiger partial charge on any atom is 0.307 e. The number of ether oxygens (including phenoxy) is 1. The van der Waals surface area contributed by atoms with E-state index in [1.807, 2.05) is 13.8 Å². The van der Waals surface area contributed by atoms with E-state index in [9.17, 15) is 4.79 Å². The maximum atomic E-state index is 11.4. The van der Waals surface area contributed by atoms with E-state index in [4.69, 9.17) is 10.5 Å². The van der Waals surface area contributed by atoms with Crippen LogP contribution in [0.1, 0.15) is 10.6 Å². The Balaban J connectivity index is 2.54. The van der Waals surface area contributed by atoms with Crippen LogP contribution in [0.15, 0.2) is 4.79 Å². The van der Waals surface area contributed by atoms with Gasteiger partial charge in [-0.1, -0.05) is 11.3 Å². The van der Waals surface area contributed by atoms with Crippen LogP contribution in [0.4, 0.5) is 0 Å². The summed E-state index contributed by atoms with van der Waals surface area (Å²) in [5.41, 5.74) is 6.32. The molecule has 14 heavy (non-hydrogen) atoms. The molecule has 4 nitrogen and oxygen atoms in total. The quantitative estimate of drug-likeness (QED) is 0.729. The first-order chi connectivity index (χ1) is 6.66.